The Morgan fingerprint density at radius 2 is 2.05 bits per heavy atom. The summed E-state index contributed by atoms with van der Waals surface area (Å²) in [6.45, 7) is 2.67. The van der Waals surface area contributed by atoms with Crippen molar-refractivity contribution in [2.75, 3.05) is 13.1 Å². The largest absolute Gasteiger partial charge is 0.481 e. The van der Waals surface area contributed by atoms with Gasteiger partial charge in [0.2, 0.25) is 5.91 Å². The summed E-state index contributed by atoms with van der Waals surface area (Å²) in [5.41, 5.74) is 0.732. The zero-order valence-electron chi connectivity index (χ0n) is 11.0. The van der Waals surface area contributed by atoms with Crippen molar-refractivity contribution >= 4 is 35.1 Å². The summed E-state index contributed by atoms with van der Waals surface area (Å²) in [7, 11) is 0. The number of hydrogen-bond donors (Lipinski definition) is 1. The second kappa shape index (κ2) is 6.02. The molecule has 0 saturated carbocycles. The Balaban J connectivity index is 1.90. The van der Waals surface area contributed by atoms with E-state index in [2.05, 4.69) is 0 Å². The van der Waals surface area contributed by atoms with Gasteiger partial charge in [0, 0.05) is 29.1 Å². The van der Waals surface area contributed by atoms with E-state index in [1.165, 1.54) is 0 Å². The van der Waals surface area contributed by atoms with E-state index < -0.39 is 11.9 Å². The molecule has 2 rings (SSSR count). The van der Waals surface area contributed by atoms with E-state index in [0.717, 1.165) is 5.56 Å². The molecule has 0 aromatic heterocycles. The molecule has 0 bridgehead atoms. The molecule has 1 fully saturated rings. The number of carbonyl (C=O) groups is 2. The average molecular weight is 316 g/mol. The number of benzene rings is 1. The standard InChI is InChI=1S/C14H15Cl2NO3/c1-8(14(19)20)10-6-17(7-10)13(18)4-9-2-3-11(15)5-12(9)16/h2-3,5,8,10H,4,6-7H2,1H3,(H,19,20). The number of amides is 1. The molecule has 1 aromatic rings. The molecule has 1 N–H and O–H groups in total. The highest BCUT2D eigenvalue weighted by atomic mass is 35.5. The lowest BCUT2D eigenvalue weighted by atomic mass is 9.87. The van der Waals surface area contributed by atoms with E-state index in [0.29, 0.717) is 23.1 Å². The third kappa shape index (κ3) is 3.25. The van der Waals surface area contributed by atoms with Crippen LogP contribution in [0, 0.1) is 11.8 Å². The maximum Gasteiger partial charge on any atom is 0.306 e. The Morgan fingerprint density at radius 3 is 2.60 bits per heavy atom. The molecule has 1 aliphatic heterocycles. The number of carboxylic acid groups (broad SMARTS) is 1. The summed E-state index contributed by atoms with van der Waals surface area (Å²) in [4.78, 5) is 24.6. The molecule has 0 spiro atoms. The molecular weight excluding hydrogens is 301 g/mol. The lowest BCUT2D eigenvalue weighted by Crippen LogP contribution is -2.53. The van der Waals surface area contributed by atoms with Crippen LogP contribution in [-0.2, 0) is 16.0 Å². The number of rotatable bonds is 4. The molecule has 0 aliphatic carbocycles. The molecule has 1 aliphatic rings. The molecule has 1 amide bonds. The van der Waals surface area contributed by atoms with Gasteiger partial charge in [0.1, 0.15) is 0 Å². The van der Waals surface area contributed by atoms with Crippen molar-refractivity contribution < 1.29 is 14.7 Å². The molecule has 1 heterocycles. The van der Waals surface area contributed by atoms with Gasteiger partial charge in [0.25, 0.3) is 0 Å². The van der Waals surface area contributed by atoms with Gasteiger partial charge in [-0.3, -0.25) is 9.59 Å². The lowest BCUT2D eigenvalue weighted by molar-refractivity contribution is -0.150. The fourth-order valence-corrected chi connectivity index (χ4v) is 2.65. The molecular formula is C14H15Cl2NO3. The van der Waals surface area contributed by atoms with E-state index in [4.69, 9.17) is 28.3 Å². The molecule has 1 aromatic carbocycles. The smallest absolute Gasteiger partial charge is 0.306 e. The highest BCUT2D eigenvalue weighted by Crippen LogP contribution is 2.26. The number of hydrogen-bond acceptors (Lipinski definition) is 2. The van der Waals surface area contributed by atoms with Crippen molar-refractivity contribution in [1.29, 1.82) is 0 Å². The number of nitrogens with zero attached hydrogens (tertiary/aromatic N) is 1. The van der Waals surface area contributed by atoms with E-state index in [9.17, 15) is 9.59 Å². The van der Waals surface area contributed by atoms with Crippen LogP contribution in [0.1, 0.15) is 12.5 Å². The zero-order chi connectivity index (χ0) is 14.9. The minimum Gasteiger partial charge on any atom is -0.481 e. The van der Waals surface area contributed by atoms with Crippen LogP contribution in [0.4, 0.5) is 0 Å². The molecule has 0 radical (unpaired) electrons. The first kappa shape index (κ1) is 15.1. The Labute approximate surface area is 127 Å². The van der Waals surface area contributed by atoms with Gasteiger partial charge in [-0.1, -0.05) is 36.2 Å². The van der Waals surface area contributed by atoms with Gasteiger partial charge >= 0.3 is 5.97 Å². The average Bonchev–Trinajstić information content (AvgIpc) is 2.30. The SMILES string of the molecule is CC(C(=O)O)C1CN(C(=O)Cc2ccc(Cl)cc2Cl)C1. The molecule has 108 valence electrons. The van der Waals surface area contributed by atoms with Crippen LogP contribution in [0.3, 0.4) is 0 Å². The quantitative estimate of drug-likeness (QED) is 0.929. The molecule has 20 heavy (non-hydrogen) atoms. The fraction of sp³-hybridized carbons (Fsp3) is 0.429. The predicted octanol–water partition coefficient (Wildman–Crippen LogP) is 2.72. The van der Waals surface area contributed by atoms with Crippen LogP contribution in [0.5, 0.6) is 0 Å². The first-order chi connectivity index (χ1) is 9.38. The minimum absolute atomic E-state index is 0.0388. The summed E-state index contributed by atoms with van der Waals surface area (Å²) >= 11 is 11.8. The highest BCUT2D eigenvalue weighted by Gasteiger charge is 2.36. The number of carboxylic acids is 1. The Hall–Kier alpha value is -1.26. The van der Waals surface area contributed by atoms with Crippen molar-refractivity contribution in [3.63, 3.8) is 0 Å². The predicted molar refractivity (Wildman–Crippen MR) is 77.0 cm³/mol. The molecule has 6 heteroatoms. The summed E-state index contributed by atoms with van der Waals surface area (Å²) in [6, 6.07) is 5.04. The third-order valence-corrected chi connectivity index (χ3v) is 4.30. The topological polar surface area (TPSA) is 57.6 Å². The Morgan fingerprint density at radius 1 is 1.40 bits per heavy atom. The fourth-order valence-electron chi connectivity index (χ4n) is 2.17. The van der Waals surface area contributed by atoms with Crippen LogP contribution in [0.2, 0.25) is 10.0 Å². The number of carbonyl (C=O) groups excluding carboxylic acids is 1. The first-order valence-electron chi connectivity index (χ1n) is 6.33. The number of aliphatic carboxylic acids is 1. The van der Waals surface area contributed by atoms with E-state index in [1.807, 2.05) is 0 Å². The van der Waals surface area contributed by atoms with Crippen LogP contribution in [0.15, 0.2) is 18.2 Å². The zero-order valence-corrected chi connectivity index (χ0v) is 12.5. The third-order valence-electron chi connectivity index (χ3n) is 3.72. The number of likely N-dealkylation sites (tertiary alicyclic amines) is 1. The minimum atomic E-state index is -0.817. The maximum absolute atomic E-state index is 12.1. The monoisotopic (exact) mass is 315 g/mol. The first-order valence-corrected chi connectivity index (χ1v) is 7.08. The second-order valence-corrected chi connectivity index (χ2v) is 5.94. The lowest BCUT2D eigenvalue weighted by Gasteiger charge is -2.41. The highest BCUT2D eigenvalue weighted by molar-refractivity contribution is 6.35. The van der Waals surface area contributed by atoms with Crippen molar-refractivity contribution in [2.45, 2.75) is 13.3 Å². The summed E-state index contributed by atoms with van der Waals surface area (Å²) in [6.07, 6.45) is 0.212. The van der Waals surface area contributed by atoms with Gasteiger partial charge < -0.3 is 10.0 Å². The van der Waals surface area contributed by atoms with Crippen LogP contribution in [0.25, 0.3) is 0 Å². The summed E-state index contributed by atoms with van der Waals surface area (Å²) in [5.74, 6) is -1.23. The summed E-state index contributed by atoms with van der Waals surface area (Å²) < 4.78 is 0. The normalized spacial score (nSPS) is 16.6. The van der Waals surface area contributed by atoms with Crippen LogP contribution in [-0.4, -0.2) is 35.0 Å². The van der Waals surface area contributed by atoms with Gasteiger partial charge in [0.15, 0.2) is 0 Å². The van der Waals surface area contributed by atoms with Crippen molar-refractivity contribution in [3.8, 4) is 0 Å². The Kier molecular flexibility index (Phi) is 4.55. The molecule has 1 saturated heterocycles. The molecule has 1 atom stereocenters. The van der Waals surface area contributed by atoms with Gasteiger partial charge in [-0.2, -0.15) is 0 Å². The van der Waals surface area contributed by atoms with E-state index in [1.54, 1.807) is 30.0 Å². The second-order valence-electron chi connectivity index (χ2n) is 5.10. The van der Waals surface area contributed by atoms with Gasteiger partial charge in [-0.15, -0.1) is 0 Å². The van der Waals surface area contributed by atoms with Crippen molar-refractivity contribution in [3.05, 3.63) is 33.8 Å². The van der Waals surface area contributed by atoms with E-state index >= 15 is 0 Å². The Bertz CT molecular complexity index is 541. The van der Waals surface area contributed by atoms with Gasteiger partial charge in [0.05, 0.1) is 12.3 Å². The number of halogens is 2. The van der Waals surface area contributed by atoms with Gasteiger partial charge in [-0.05, 0) is 17.7 Å². The van der Waals surface area contributed by atoms with Crippen LogP contribution >= 0.6 is 23.2 Å². The molecule has 1 unspecified atom stereocenters. The van der Waals surface area contributed by atoms with E-state index in [-0.39, 0.29) is 18.2 Å². The van der Waals surface area contributed by atoms with Crippen molar-refractivity contribution in [1.82, 2.24) is 4.90 Å². The van der Waals surface area contributed by atoms with Gasteiger partial charge in [-0.25, -0.2) is 0 Å². The molecule has 4 nitrogen and oxygen atoms in total. The van der Waals surface area contributed by atoms with Crippen molar-refractivity contribution in [2.24, 2.45) is 11.8 Å². The van der Waals surface area contributed by atoms with Crippen LogP contribution < -0.4 is 0 Å². The maximum atomic E-state index is 12.1. The summed E-state index contributed by atoms with van der Waals surface area (Å²) in [5, 5.41) is 9.91.